The fourth-order valence-corrected chi connectivity index (χ4v) is 4.64. The number of fused-ring (bicyclic) bond motifs is 1. The summed E-state index contributed by atoms with van der Waals surface area (Å²) in [7, 11) is 4.58. The van der Waals surface area contributed by atoms with E-state index in [1.807, 2.05) is 11.9 Å². The van der Waals surface area contributed by atoms with Crippen LogP contribution in [0.5, 0.6) is 5.75 Å². The molecule has 1 aromatic heterocycles. The number of nitrogens with zero attached hydrogens (tertiary/aromatic N) is 2. The Hall–Kier alpha value is -3.91. The zero-order valence-corrected chi connectivity index (χ0v) is 21.9. The first-order chi connectivity index (χ1) is 18.6. The maximum Gasteiger partial charge on any atom is 0.406 e. The van der Waals surface area contributed by atoms with Crippen LogP contribution in [0.4, 0.5) is 28.9 Å². The highest BCUT2D eigenvalue weighted by atomic mass is 19.4. The molecule has 0 radical (unpaired) electrons. The van der Waals surface area contributed by atoms with Crippen molar-refractivity contribution in [3.8, 4) is 17.6 Å². The van der Waals surface area contributed by atoms with Gasteiger partial charge in [0.2, 0.25) is 0 Å². The number of alkyl halides is 4. The van der Waals surface area contributed by atoms with E-state index in [0.29, 0.717) is 46.6 Å². The molecule has 2 N–H and O–H groups in total. The van der Waals surface area contributed by atoms with Gasteiger partial charge in [-0.05, 0) is 55.8 Å². The van der Waals surface area contributed by atoms with Gasteiger partial charge in [0.05, 0.1) is 49.3 Å². The molecule has 1 aliphatic rings. The largest absolute Gasteiger partial charge is 0.495 e. The molecule has 0 saturated carbocycles. The summed E-state index contributed by atoms with van der Waals surface area (Å²) in [5.41, 5.74) is 1.99. The average molecular weight is 547 g/mol. The molecule has 1 fully saturated rings. The topological polar surface area (TPSA) is 67.8 Å². The zero-order chi connectivity index (χ0) is 28.2. The van der Waals surface area contributed by atoms with Crippen LogP contribution in [0.2, 0.25) is 0 Å². The summed E-state index contributed by atoms with van der Waals surface area (Å²) < 4.78 is 66.3. The SMILES string of the molecule is COC(=O)c1ccc(NCC#Cc2cc3c(N[C@H]4CCN(C)C[C@H]4F)cccc3n2CC(F)(F)F)c(OC)c1. The molecule has 39 heavy (non-hydrogen) atoms. The Morgan fingerprint density at radius 1 is 1.15 bits per heavy atom. The van der Waals surface area contributed by atoms with E-state index in [0.717, 1.165) is 11.1 Å². The predicted octanol–water partition coefficient (Wildman–Crippen LogP) is 4.92. The number of halogens is 4. The summed E-state index contributed by atoms with van der Waals surface area (Å²) in [6.45, 7) is -0.0857. The van der Waals surface area contributed by atoms with Crippen molar-refractivity contribution in [2.24, 2.45) is 0 Å². The maximum atomic E-state index is 14.7. The number of rotatable bonds is 7. The van der Waals surface area contributed by atoms with Crippen LogP contribution in [-0.2, 0) is 11.3 Å². The number of ether oxygens (including phenoxy) is 2. The first-order valence-corrected chi connectivity index (χ1v) is 12.4. The number of piperidine rings is 1. The molecule has 0 bridgehead atoms. The monoisotopic (exact) mass is 546 g/mol. The lowest BCUT2D eigenvalue weighted by Crippen LogP contribution is -2.46. The van der Waals surface area contributed by atoms with E-state index in [1.165, 1.54) is 20.3 Å². The summed E-state index contributed by atoms with van der Waals surface area (Å²) in [5, 5.41) is 6.81. The fraction of sp³-hybridized carbons (Fsp3) is 0.393. The molecule has 0 spiro atoms. The van der Waals surface area contributed by atoms with Gasteiger partial charge in [-0.25, -0.2) is 9.18 Å². The van der Waals surface area contributed by atoms with Gasteiger partial charge < -0.3 is 29.6 Å². The van der Waals surface area contributed by atoms with Crippen molar-refractivity contribution in [3.05, 3.63) is 53.7 Å². The van der Waals surface area contributed by atoms with Crippen molar-refractivity contribution in [2.75, 3.05) is 51.5 Å². The number of nitrogens with one attached hydrogen (secondary N) is 2. The lowest BCUT2D eigenvalue weighted by atomic mass is 10.0. The molecular weight excluding hydrogens is 516 g/mol. The summed E-state index contributed by atoms with van der Waals surface area (Å²) in [4.78, 5) is 13.7. The number of likely N-dealkylation sites (tertiary alicyclic amines) is 1. The Morgan fingerprint density at radius 3 is 2.64 bits per heavy atom. The van der Waals surface area contributed by atoms with Crippen LogP contribution in [0, 0.1) is 11.8 Å². The second-order valence-corrected chi connectivity index (χ2v) is 9.35. The summed E-state index contributed by atoms with van der Waals surface area (Å²) in [6, 6.07) is 10.9. The number of carbonyl (C=O) groups is 1. The number of anilines is 2. The van der Waals surface area contributed by atoms with Crippen LogP contribution in [0.3, 0.4) is 0 Å². The maximum absolute atomic E-state index is 14.7. The number of esters is 1. The molecule has 0 unspecified atom stereocenters. The first kappa shape index (κ1) is 28.1. The molecule has 3 aromatic rings. The Kier molecular flexibility index (Phi) is 8.55. The third-order valence-corrected chi connectivity index (χ3v) is 6.57. The van der Waals surface area contributed by atoms with Gasteiger partial charge in [-0.2, -0.15) is 13.2 Å². The normalized spacial score (nSPS) is 17.8. The van der Waals surface area contributed by atoms with Crippen LogP contribution >= 0.6 is 0 Å². The molecule has 2 heterocycles. The van der Waals surface area contributed by atoms with E-state index >= 15 is 0 Å². The van der Waals surface area contributed by atoms with Gasteiger partial charge in [-0.15, -0.1) is 0 Å². The van der Waals surface area contributed by atoms with Crippen molar-refractivity contribution in [1.82, 2.24) is 9.47 Å². The van der Waals surface area contributed by atoms with Crippen LogP contribution < -0.4 is 15.4 Å². The molecule has 2 atom stereocenters. The standard InChI is InChI=1S/C28H30F4N4O3/c1-35-13-11-23(21(29)16-35)34-22-7-4-8-25-20(22)15-19(36(25)17-28(30,31)32)6-5-12-33-24-10-9-18(27(37)39-3)14-26(24)38-2/h4,7-10,14-15,21,23,33-34H,11-13,16-17H2,1-3H3/t21-,23+/m1/s1. The molecule has 1 aliphatic heterocycles. The van der Waals surface area contributed by atoms with Gasteiger partial charge in [0.1, 0.15) is 18.5 Å². The minimum absolute atomic E-state index is 0.103. The van der Waals surface area contributed by atoms with Crippen molar-refractivity contribution < 1.29 is 31.8 Å². The number of hydrogen-bond donors (Lipinski definition) is 2. The van der Waals surface area contributed by atoms with E-state index in [2.05, 4.69) is 22.5 Å². The van der Waals surface area contributed by atoms with Gasteiger partial charge in [0.25, 0.3) is 0 Å². The highest BCUT2D eigenvalue weighted by molar-refractivity contribution is 5.94. The fourth-order valence-electron chi connectivity index (χ4n) is 4.64. The van der Waals surface area contributed by atoms with Crippen LogP contribution in [0.15, 0.2) is 42.5 Å². The van der Waals surface area contributed by atoms with E-state index in [-0.39, 0.29) is 12.2 Å². The smallest absolute Gasteiger partial charge is 0.406 e. The van der Waals surface area contributed by atoms with Gasteiger partial charge in [-0.3, -0.25) is 0 Å². The third-order valence-electron chi connectivity index (χ3n) is 6.57. The summed E-state index contributed by atoms with van der Waals surface area (Å²) in [5.74, 6) is 5.59. The van der Waals surface area contributed by atoms with E-state index in [4.69, 9.17) is 9.47 Å². The minimum atomic E-state index is -4.46. The minimum Gasteiger partial charge on any atom is -0.495 e. The van der Waals surface area contributed by atoms with Crippen molar-refractivity contribution in [3.63, 3.8) is 0 Å². The average Bonchev–Trinajstić information content (AvgIpc) is 3.24. The molecular formula is C28H30F4N4O3. The molecule has 1 saturated heterocycles. The van der Waals surface area contributed by atoms with E-state index in [9.17, 15) is 22.4 Å². The lowest BCUT2D eigenvalue weighted by Gasteiger charge is -2.33. The van der Waals surface area contributed by atoms with Crippen LogP contribution in [-0.4, -0.2) is 74.7 Å². The highest BCUT2D eigenvalue weighted by Gasteiger charge is 2.31. The van der Waals surface area contributed by atoms with Gasteiger partial charge in [0.15, 0.2) is 0 Å². The van der Waals surface area contributed by atoms with Gasteiger partial charge in [-0.1, -0.05) is 12.0 Å². The van der Waals surface area contributed by atoms with E-state index in [1.54, 1.807) is 36.4 Å². The van der Waals surface area contributed by atoms with Crippen molar-refractivity contribution in [2.45, 2.75) is 31.4 Å². The second-order valence-electron chi connectivity index (χ2n) is 9.35. The lowest BCUT2D eigenvalue weighted by molar-refractivity contribution is -0.140. The Morgan fingerprint density at radius 2 is 1.95 bits per heavy atom. The van der Waals surface area contributed by atoms with Crippen LogP contribution in [0.1, 0.15) is 22.5 Å². The number of carbonyl (C=O) groups excluding carboxylic acids is 1. The summed E-state index contributed by atoms with van der Waals surface area (Å²) >= 11 is 0. The first-order valence-electron chi connectivity index (χ1n) is 12.4. The van der Waals surface area contributed by atoms with Crippen molar-refractivity contribution >= 4 is 28.2 Å². The Labute approximate surface area is 224 Å². The van der Waals surface area contributed by atoms with Crippen molar-refractivity contribution in [1.29, 1.82) is 0 Å². The quantitative estimate of drug-likeness (QED) is 0.249. The Bertz CT molecular complexity index is 1390. The number of benzene rings is 2. The predicted molar refractivity (Wildman–Crippen MR) is 142 cm³/mol. The molecule has 11 heteroatoms. The van der Waals surface area contributed by atoms with Gasteiger partial charge in [0, 0.05) is 24.2 Å². The number of aromatic nitrogens is 1. The molecule has 2 aromatic carbocycles. The molecule has 4 rings (SSSR count). The second kappa shape index (κ2) is 11.9. The molecule has 7 nitrogen and oxygen atoms in total. The highest BCUT2D eigenvalue weighted by Crippen LogP contribution is 2.32. The number of hydrogen-bond acceptors (Lipinski definition) is 6. The molecule has 208 valence electrons. The third kappa shape index (κ3) is 6.75. The Balaban J connectivity index is 1.59. The zero-order valence-electron chi connectivity index (χ0n) is 21.9. The summed E-state index contributed by atoms with van der Waals surface area (Å²) in [6.07, 6.45) is -4.98. The van der Waals surface area contributed by atoms with Crippen LogP contribution in [0.25, 0.3) is 10.9 Å². The van der Waals surface area contributed by atoms with E-state index < -0.39 is 30.9 Å². The molecule has 0 amide bonds. The molecule has 0 aliphatic carbocycles. The number of methoxy groups -OCH3 is 2. The van der Waals surface area contributed by atoms with Gasteiger partial charge >= 0.3 is 12.1 Å².